The van der Waals surface area contributed by atoms with Gasteiger partial charge in [0.25, 0.3) is 0 Å². The van der Waals surface area contributed by atoms with E-state index in [4.69, 9.17) is 16.7 Å². The first-order valence-electron chi connectivity index (χ1n) is 5.89. The third kappa shape index (κ3) is 5.04. The quantitative estimate of drug-likeness (QED) is 0.783. The maximum Gasteiger partial charge on any atom is 0.0558 e. The molecular formula is C13H21ClN2O. The normalized spacial score (nSPS) is 13.0. The predicted octanol–water partition coefficient (Wildman–Crippen LogP) is 1.91. The second kappa shape index (κ2) is 7.67. The van der Waals surface area contributed by atoms with E-state index in [9.17, 15) is 0 Å². The number of hydrogen-bond donors (Lipinski definition) is 2. The van der Waals surface area contributed by atoms with Crippen molar-refractivity contribution in [2.24, 2.45) is 0 Å². The standard InChI is InChI=1S/C13H21ClN2O/c1-15-13(6-7-16(2)8-9-17)11-4-3-5-12(14)10-11/h3-5,10,13,15,17H,6-9H2,1-2H3. The molecule has 1 aromatic rings. The first-order valence-corrected chi connectivity index (χ1v) is 6.27. The van der Waals surface area contributed by atoms with Crippen LogP contribution in [0, 0.1) is 0 Å². The van der Waals surface area contributed by atoms with Gasteiger partial charge in [0.1, 0.15) is 0 Å². The summed E-state index contributed by atoms with van der Waals surface area (Å²) in [6.45, 7) is 1.86. The van der Waals surface area contributed by atoms with E-state index < -0.39 is 0 Å². The van der Waals surface area contributed by atoms with Gasteiger partial charge in [0.2, 0.25) is 0 Å². The summed E-state index contributed by atoms with van der Waals surface area (Å²) in [5.74, 6) is 0. The van der Waals surface area contributed by atoms with Crippen molar-refractivity contribution >= 4 is 11.6 Å². The number of nitrogens with zero attached hydrogens (tertiary/aromatic N) is 1. The van der Waals surface area contributed by atoms with Crippen LogP contribution in [0.5, 0.6) is 0 Å². The van der Waals surface area contributed by atoms with Crippen LogP contribution in [-0.2, 0) is 0 Å². The number of benzene rings is 1. The highest BCUT2D eigenvalue weighted by Gasteiger charge is 2.10. The van der Waals surface area contributed by atoms with Crippen LogP contribution in [0.1, 0.15) is 18.0 Å². The minimum Gasteiger partial charge on any atom is -0.395 e. The zero-order valence-electron chi connectivity index (χ0n) is 10.5. The van der Waals surface area contributed by atoms with Crippen LogP contribution in [0.15, 0.2) is 24.3 Å². The Balaban J connectivity index is 2.54. The summed E-state index contributed by atoms with van der Waals surface area (Å²) < 4.78 is 0. The van der Waals surface area contributed by atoms with Gasteiger partial charge in [-0.1, -0.05) is 23.7 Å². The number of nitrogens with one attached hydrogen (secondary N) is 1. The Morgan fingerprint density at radius 3 is 2.76 bits per heavy atom. The lowest BCUT2D eigenvalue weighted by atomic mass is 10.0. The van der Waals surface area contributed by atoms with Crippen molar-refractivity contribution in [3.63, 3.8) is 0 Å². The van der Waals surface area contributed by atoms with Gasteiger partial charge in [0.05, 0.1) is 6.61 Å². The molecule has 1 rings (SSSR count). The SMILES string of the molecule is CNC(CCN(C)CCO)c1cccc(Cl)c1. The van der Waals surface area contributed by atoms with E-state index in [0.29, 0.717) is 12.6 Å². The Hall–Kier alpha value is -0.610. The summed E-state index contributed by atoms with van der Waals surface area (Å²) in [5, 5.41) is 12.9. The van der Waals surface area contributed by atoms with E-state index >= 15 is 0 Å². The topological polar surface area (TPSA) is 35.5 Å². The molecule has 0 aliphatic rings. The highest BCUT2D eigenvalue weighted by atomic mass is 35.5. The molecule has 0 bridgehead atoms. The second-order valence-corrected chi connectivity index (χ2v) is 4.65. The van der Waals surface area contributed by atoms with Gasteiger partial charge in [0.15, 0.2) is 0 Å². The smallest absolute Gasteiger partial charge is 0.0558 e. The molecule has 1 unspecified atom stereocenters. The molecule has 0 saturated heterocycles. The van der Waals surface area contributed by atoms with Crippen LogP contribution in [-0.4, -0.2) is 43.8 Å². The van der Waals surface area contributed by atoms with E-state index in [2.05, 4.69) is 16.3 Å². The van der Waals surface area contributed by atoms with Crippen molar-refractivity contribution in [3.8, 4) is 0 Å². The van der Waals surface area contributed by atoms with Gasteiger partial charge in [-0.3, -0.25) is 0 Å². The highest BCUT2D eigenvalue weighted by Crippen LogP contribution is 2.20. The minimum absolute atomic E-state index is 0.206. The van der Waals surface area contributed by atoms with Crippen LogP contribution < -0.4 is 5.32 Å². The molecule has 0 saturated carbocycles. The molecule has 3 nitrogen and oxygen atoms in total. The van der Waals surface area contributed by atoms with E-state index in [1.54, 1.807) is 0 Å². The van der Waals surface area contributed by atoms with E-state index in [-0.39, 0.29) is 6.61 Å². The maximum atomic E-state index is 8.84. The third-order valence-corrected chi connectivity index (χ3v) is 3.12. The fourth-order valence-corrected chi connectivity index (χ4v) is 2.03. The van der Waals surface area contributed by atoms with Gasteiger partial charge in [-0.15, -0.1) is 0 Å². The lowest BCUT2D eigenvalue weighted by Crippen LogP contribution is -2.27. The largest absolute Gasteiger partial charge is 0.395 e. The van der Waals surface area contributed by atoms with E-state index in [1.165, 1.54) is 5.56 Å². The van der Waals surface area contributed by atoms with Crippen molar-refractivity contribution in [1.82, 2.24) is 10.2 Å². The number of halogens is 1. The number of likely N-dealkylation sites (N-methyl/N-ethyl adjacent to an activating group) is 1. The first kappa shape index (κ1) is 14.5. The Bertz CT molecular complexity index is 333. The first-order chi connectivity index (χ1) is 8.17. The van der Waals surface area contributed by atoms with Gasteiger partial charge < -0.3 is 15.3 Å². The van der Waals surface area contributed by atoms with Crippen LogP contribution in [0.2, 0.25) is 5.02 Å². The maximum absolute atomic E-state index is 8.84. The van der Waals surface area contributed by atoms with Crippen molar-refractivity contribution in [1.29, 1.82) is 0 Å². The fourth-order valence-electron chi connectivity index (χ4n) is 1.83. The van der Waals surface area contributed by atoms with Crippen LogP contribution in [0.4, 0.5) is 0 Å². The number of aliphatic hydroxyl groups excluding tert-OH is 1. The molecule has 1 aromatic carbocycles. The molecule has 2 N–H and O–H groups in total. The lowest BCUT2D eigenvalue weighted by Gasteiger charge is -2.21. The molecule has 17 heavy (non-hydrogen) atoms. The fraction of sp³-hybridized carbons (Fsp3) is 0.538. The summed E-state index contributed by atoms with van der Waals surface area (Å²) in [7, 11) is 3.97. The van der Waals surface area contributed by atoms with Crippen LogP contribution in [0.25, 0.3) is 0 Å². The van der Waals surface area contributed by atoms with E-state index in [0.717, 1.165) is 18.0 Å². The molecule has 1 atom stereocenters. The van der Waals surface area contributed by atoms with Gasteiger partial charge in [0, 0.05) is 17.6 Å². The van der Waals surface area contributed by atoms with Crippen molar-refractivity contribution in [2.45, 2.75) is 12.5 Å². The molecule has 0 aromatic heterocycles. The Morgan fingerprint density at radius 2 is 2.18 bits per heavy atom. The Kier molecular flexibility index (Phi) is 6.52. The molecule has 0 aliphatic carbocycles. The van der Waals surface area contributed by atoms with Gasteiger partial charge in [-0.05, 0) is 44.8 Å². The average molecular weight is 257 g/mol. The van der Waals surface area contributed by atoms with Gasteiger partial charge in [-0.25, -0.2) is 0 Å². The summed E-state index contributed by atoms with van der Waals surface area (Å²) in [4.78, 5) is 2.12. The molecule has 0 spiro atoms. The molecule has 0 heterocycles. The summed E-state index contributed by atoms with van der Waals surface area (Å²) in [5.41, 5.74) is 1.21. The zero-order chi connectivity index (χ0) is 12.7. The van der Waals surface area contributed by atoms with Gasteiger partial charge in [-0.2, -0.15) is 0 Å². The number of hydrogen-bond acceptors (Lipinski definition) is 3. The molecule has 0 radical (unpaired) electrons. The summed E-state index contributed by atoms with van der Waals surface area (Å²) in [6, 6.07) is 8.23. The molecule has 0 amide bonds. The minimum atomic E-state index is 0.206. The van der Waals surface area contributed by atoms with Gasteiger partial charge >= 0.3 is 0 Å². The molecular weight excluding hydrogens is 236 g/mol. The molecule has 4 heteroatoms. The number of aliphatic hydroxyl groups is 1. The van der Waals surface area contributed by atoms with Crippen molar-refractivity contribution in [2.75, 3.05) is 33.8 Å². The van der Waals surface area contributed by atoms with E-state index in [1.807, 2.05) is 32.3 Å². The predicted molar refractivity (Wildman–Crippen MR) is 72.5 cm³/mol. The zero-order valence-corrected chi connectivity index (χ0v) is 11.2. The average Bonchev–Trinajstić information content (AvgIpc) is 2.30. The summed E-state index contributed by atoms with van der Waals surface area (Å²) >= 11 is 5.99. The Labute approximate surface area is 108 Å². The van der Waals surface area contributed by atoms with Crippen molar-refractivity contribution in [3.05, 3.63) is 34.9 Å². The highest BCUT2D eigenvalue weighted by molar-refractivity contribution is 6.30. The number of rotatable bonds is 7. The third-order valence-electron chi connectivity index (χ3n) is 2.88. The van der Waals surface area contributed by atoms with Crippen LogP contribution in [0.3, 0.4) is 0 Å². The molecule has 0 aliphatic heterocycles. The second-order valence-electron chi connectivity index (χ2n) is 4.21. The lowest BCUT2D eigenvalue weighted by molar-refractivity contribution is 0.216. The van der Waals surface area contributed by atoms with Crippen molar-refractivity contribution < 1.29 is 5.11 Å². The summed E-state index contributed by atoms with van der Waals surface area (Å²) in [6.07, 6.45) is 0.993. The molecule has 0 fully saturated rings. The molecule has 96 valence electrons. The monoisotopic (exact) mass is 256 g/mol. The van der Waals surface area contributed by atoms with Crippen LogP contribution >= 0.6 is 11.6 Å². The Morgan fingerprint density at radius 1 is 1.41 bits per heavy atom.